The van der Waals surface area contributed by atoms with Gasteiger partial charge in [0.1, 0.15) is 0 Å². The molecule has 0 radical (unpaired) electrons. The molecular weight excluding hydrogens is 314 g/mol. The number of rotatable bonds is 4. The van der Waals surface area contributed by atoms with Gasteiger partial charge in [0.25, 0.3) is 5.91 Å². The van der Waals surface area contributed by atoms with Gasteiger partial charge in [0.2, 0.25) is 0 Å². The van der Waals surface area contributed by atoms with Crippen LogP contribution in [-0.2, 0) is 0 Å². The van der Waals surface area contributed by atoms with Gasteiger partial charge in [0.15, 0.2) is 10.9 Å². The monoisotopic (exact) mass is 329 g/mol. The molecule has 1 N–H and O–H groups in total. The average Bonchev–Trinajstić information content (AvgIpc) is 3.16. The Morgan fingerprint density at radius 2 is 2.09 bits per heavy atom. The molecule has 0 aliphatic heterocycles. The van der Waals surface area contributed by atoms with E-state index in [0.717, 1.165) is 16.3 Å². The number of aryl methyl sites for hydroxylation is 1. The molecule has 3 nitrogen and oxygen atoms in total. The first-order valence-electron chi connectivity index (χ1n) is 6.77. The summed E-state index contributed by atoms with van der Waals surface area (Å²) in [6.45, 7) is 2.09. The fourth-order valence-corrected chi connectivity index (χ4v) is 3.45. The summed E-state index contributed by atoms with van der Waals surface area (Å²) in [6, 6.07) is 13.4. The minimum Gasteiger partial charge on any atom is -0.445 e. The maximum Gasteiger partial charge on any atom is 0.291 e. The zero-order chi connectivity index (χ0) is 15.5. The molecule has 1 amide bonds. The molecule has 2 heterocycles. The number of carbonyl (C=O) groups is 1. The Hall–Kier alpha value is -1.98. The zero-order valence-corrected chi connectivity index (χ0v) is 13.9. The number of thiophene rings is 1. The Morgan fingerprint density at radius 3 is 2.77 bits per heavy atom. The SMILES string of the molecule is CSc1ccc(C(=O)Nc2cccc(-c3sccc3C)c2)o1. The van der Waals surface area contributed by atoms with E-state index in [-0.39, 0.29) is 5.91 Å². The molecule has 22 heavy (non-hydrogen) atoms. The number of hydrogen-bond acceptors (Lipinski definition) is 4. The van der Waals surface area contributed by atoms with Gasteiger partial charge in [-0.2, -0.15) is 0 Å². The molecule has 0 atom stereocenters. The fraction of sp³-hybridized carbons (Fsp3) is 0.118. The summed E-state index contributed by atoms with van der Waals surface area (Å²) in [5.74, 6) is 0.0856. The van der Waals surface area contributed by atoms with E-state index in [1.165, 1.54) is 22.2 Å². The van der Waals surface area contributed by atoms with Crippen molar-refractivity contribution in [3.8, 4) is 10.4 Å². The zero-order valence-electron chi connectivity index (χ0n) is 12.3. The number of hydrogen-bond donors (Lipinski definition) is 1. The molecule has 0 saturated carbocycles. The Kier molecular flexibility index (Phi) is 4.36. The van der Waals surface area contributed by atoms with Crippen LogP contribution in [0.15, 0.2) is 57.4 Å². The maximum absolute atomic E-state index is 12.2. The van der Waals surface area contributed by atoms with Gasteiger partial charge < -0.3 is 9.73 Å². The topological polar surface area (TPSA) is 42.2 Å². The summed E-state index contributed by atoms with van der Waals surface area (Å²) in [7, 11) is 0. The first-order chi connectivity index (χ1) is 10.7. The summed E-state index contributed by atoms with van der Waals surface area (Å²) < 4.78 is 5.44. The molecule has 0 bridgehead atoms. The third kappa shape index (κ3) is 3.10. The number of benzene rings is 1. The van der Waals surface area contributed by atoms with Crippen molar-refractivity contribution in [2.45, 2.75) is 12.0 Å². The lowest BCUT2D eigenvalue weighted by Crippen LogP contribution is -2.10. The molecule has 2 aromatic heterocycles. The molecule has 0 spiro atoms. The summed E-state index contributed by atoms with van der Waals surface area (Å²) in [5, 5.41) is 5.68. The molecule has 0 aliphatic carbocycles. The number of furan rings is 1. The van der Waals surface area contributed by atoms with Crippen molar-refractivity contribution >= 4 is 34.7 Å². The van der Waals surface area contributed by atoms with Crippen LogP contribution in [0.1, 0.15) is 16.1 Å². The van der Waals surface area contributed by atoms with E-state index in [4.69, 9.17) is 4.42 Å². The molecule has 3 aromatic rings. The molecule has 0 unspecified atom stereocenters. The molecule has 5 heteroatoms. The minimum atomic E-state index is -0.236. The summed E-state index contributed by atoms with van der Waals surface area (Å²) in [5.41, 5.74) is 3.11. The van der Waals surface area contributed by atoms with Crippen molar-refractivity contribution in [3.63, 3.8) is 0 Å². The van der Waals surface area contributed by atoms with E-state index >= 15 is 0 Å². The van der Waals surface area contributed by atoms with Gasteiger partial charge in [-0.3, -0.25) is 4.79 Å². The molecular formula is C17H15NO2S2. The van der Waals surface area contributed by atoms with Crippen LogP contribution in [0.25, 0.3) is 10.4 Å². The standard InChI is InChI=1S/C17H15NO2S2/c1-11-8-9-22-16(11)12-4-3-5-13(10-12)18-17(19)14-6-7-15(20-14)21-2/h3-10H,1-2H3,(H,18,19). The van der Waals surface area contributed by atoms with Crippen LogP contribution < -0.4 is 5.32 Å². The van der Waals surface area contributed by atoms with Gasteiger partial charge >= 0.3 is 0 Å². The number of anilines is 1. The second-order valence-corrected chi connectivity index (χ2v) is 6.52. The maximum atomic E-state index is 12.2. The quantitative estimate of drug-likeness (QED) is 0.661. The van der Waals surface area contributed by atoms with Crippen LogP contribution in [0, 0.1) is 6.92 Å². The van der Waals surface area contributed by atoms with Crippen LogP contribution in [0.2, 0.25) is 0 Å². The Labute approximate surface area is 137 Å². The first-order valence-corrected chi connectivity index (χ1v) is 8.87. The number of thioether (sulfide) groups is 1. The fourth-order valence-electron chi connectivity index (χ4n) is 2.15. The van der Waals surface area contributed by atoms with Gasteiger partial charge in [-0.1, -0.05) is 23.9 Å². The summed E-state index contributed by atoms with van der Waals surface area (Å²) in [6.07, 6.45) is 1.91. The van der Waals surface area contributed by atoms with E-state index < -0.39 is 0 Å². The third-order valence-corrected chi connectivity index (χ3v) is 4.94. The van der Waals surface area contributed by atoms with Gasteiger partial charge in [-0.15, -0.1) is 11.3 Å². The highest BCUT2D eigenvalue weighted by Crippen LogP contribution is 2.30. The third-order valence-electron chi connectivity index (χ3n) is 3.25. The van der Waals surface area contributed by atoms with E-state index in [1.54, 1.807) is 23.5 Å². The Bertz CT molecular complexity index is 804. The highest BCUT2D eigenvalue weighted by atomic mass is 32.2. The highest BCUT2D eigenvalue weighted by Gasteiger charge is 2.12. The molecule has 0 saturated heterocycles. The normalized spacial score (nSPS) is 10.6. The molecule has 0 fully saturated rings. The van der Waals surface area contributed by atoms with Gasteiger partial charge in [0, 0.05) is 10.6 Å². The molecule has 112 valence electrons. The average molecular weight is 329 g/mol. The van der Waals surface area contributed by atoms with E-state index in [2.05, 4.69) is 23.7 Å². The van der Waals surface area contributed by atoms with Gasteiger partial charge in [-0.25, -0.2) is 0 Å². The van der Waals surface area contributed by atoms with E-state index in [9.17, 15) is 4.79 Å². The lowest BCUT2D eigenvalue weighted by Gasteiger charge is -2.06. The van der Waals surface area contributed by atoms with Crippen LogP contribution >= 0.6 is 23.1 Å². The summed E-state index contributed by atoms with van der Waals surface area (Å²) in [4.78, 5) is 13.4. The molecule has 1 aromatic carbocycles. The summed E-state index contributed by atoms with van der Waals surface area (Å²) >= 11 is 3.17. The molecule has 0 aliphatic rings. The lowest BCUT2D eigenvalue weighted by molar-refractivity contribution is 0.0992. The largest absolute Gasteiger partial charge is 0.445 e. The smallest absolute Gasteiger partial charge is 0.291 e. The predicted octanol–water partition coefficient (Wildman–Crippen LogP) is 5.29. The Balaban J connectivity index is 1.81. The van der Waals surface area contributed by atoms with Crippen molar-refractivity contribution in [1.82, 2.24) is 0 Å². The van der Waals surface area contributed by atoms with Gasteiger partial charge in [0.05, 0.1) is 0 Å². The predicted molar refractivity (Wildman–Crippen MR) is 92.9 cm³/mol. The van der Waals surface area contributed by atoms with E-state index in [1.807, 2.05) is 30.5 Å². The van der Waals surface area contributed by atoms with Crippen molar-refractivity contribution in [2.24, 2.45) is 0 Å². The van der Waals surface area contributed by atoms with Crippen molar-refractivity contribution in [2.75, 3.05) is 11.6 Å². The van der Waals surface area contributed by atoms with Gasteiger partial charge in [-0.05, 0) is 60.0 Å². The van der Waals surface area contributed by atoms with Crippen LogP contribution in [0.4, 0.5) is 5.69 Å². The molecule has 3 rings (SSSR count). The van der Waals surface area contributed by atoms with Crippen molar-refractivity contribution in [3.05, 3.63) is 59.2 Å². The Morgan fingerprint density at radius 1 is 1.23 bits per heavy atom. The van der Waals surface area contributed by atoms with E-state index in [0.29, 0.717) is 5.76 Å². The van der Waals surface area contributed by atoms with Crippen LogP contribution in [-0.4, -0.2) is 12.2 Å². The van der Waals surface area contributed by atoms with Crippen LogP contribution in [0.3, 0.4) is 0 Å². The highest BCUT2D eigenvalue weighted by molar-refractivity contribution is 7.98. The van der Waals surface area contributed by atoms with Crippen molar-refractivity contribution in [1.29, 1.82) is 0 Å². The van der Waals surface area contributed by atoms with Crippen LogP contribution in [0.5, 0.6) is 0 Å². The number of carbonyl (C=O) groups excluding carboxylic acids is 1. The number of nitrogens with one attached hydrogen (secondary N) is 1. The van der Waals surface area contributed by atoms with Crippen molar-refractivity contribution < 1.29 is 9.21 Å². The number of amides is 1. The second kappa shape index (κ2) is 6.42. The minimum absolute atomic E-state index is 0.236. The first kappa shape index (κ1) is 14.9. The second-order valence-electron chi connectivity index (χ2n) is 4.79. The lowest BCUT2D eigenvalue weighted by atomic mass is 10.1.